The molecule has 1 aromatic carbocycles. The number of methoxy groups -OCH3 is 1. The first-order chi connectivity index (χ1) is 12.0. The first kappa shape index (κ1) is 19.4. The molecule has 1 aromatic heterocycles. The number of nitrogens with zero attached hydrogens (tertiary/aromatic N) is 2. The standard InChI is InChI=1S/C19H25N3O4/c1-19(2,3)26-18(24)22(5)15-9-12(11-21(4)17(15)23)14-10-13(20)7-8-16(14)25-6/h7-11H,20H2,1-6H3. The van der Waals surface area contributed by atoms with Gasteiger partial charge in [-0.05, 0) is 45.0 Å². The normalized spacial score (nSPS) is 11.2. The summed E-state index contributed by atoms with van der Waals surface area (Å²) in [5.74, 6) is 0.615. The van der Waals surface area contributed by atoms with Crippen molar-refractivity contribution in [3.63, 3.8) is 0 Å². The number of benzene rings is 1. The number of aromatic nitrogens is 1. The zero-order valence-corrected chi connectivity index (χ0v) is 16.0. The minimum Gasteiger partial charge on any atom is -0.496 e. The van der Waals surface area contributed by atoms with Gasteiger partial charge >= 0.3 is 6.09 Å². The zero-order valence-electron chi connectivity index (χ0n) is 16.0. The van der Waals surface area contributed by atoms with Gasteiger partial charge in [0.15, 0.2) is 0 Å². The summed E-state index contributed by atoms with van der Waals surface area (Å²) >= 11 is 0. The van der Waals surface area contributed by atoms with Crippen LogP contribution in [-0.4, -0.2) is 30.4 Å². The lowest BCUT2D eigenvalue weighted by molar-refractivity contribution is 0.0589. The van der Waals surface area contributed by atoms with Crippen molar-refractivity contribution in [1.29, 1.82) is 0 Å². The number of carbonyl (C=O) groups is 1. The van der Waals surface area contributed by atoms with E-state index in [-0.39, 0.29) is 11.2 Å². The summed E-state index contributed by atoms with van der Waals surface area (Å²) in [5.41, 5.74) is 7.10. The maximum Gasteiger partial charge on any atom is 0.414 e. The highest BCUT2D eigenvalue weighted by Gasteiger charge is 2.23. The van der Waals surface area contributed by atoms with E-state index in [1.165, 1.54) is 16.5 Å². The van der Waals surface area contributed by atoms with E-state index in [0.29, 0.717) is 17.0 Å². The van der Waals surface area contributed by atoms with Gasteiger partial charge in [-0.25, -0.2) is 4.79 Å². The predicted octanol–water partition coefficient (Wildman–Crippen LogP) is 3.01. The molecule has 0 spiro atoms. The van der Waals surface area contributed by atoms with Crippen molar-refractivity contribution in [2.75, 3.05) is 24.8 Å². The van der Waals surface area contributed by atoms with Gasteiger partial charge in [-0.2, -0.15) is 0 Å². The average molecular weight is 359 g/mol. The van der Waals surface area contributed by atoms with E-state index >= 15 is 0 Å². The smallest absolute Gasteiger partial charge is 0.414 e. The molecule has 2 aromatic rings. The number of rotatable bonds is 3. The van der Waals surface area contributed by atoms with Crippen molar-refractivity contribution in [1.82, 2.24) is 4.57 Å². The Hall–Kier alpha value is -2.96. The number of ether oxygens (including phenoxy) is 2. The van der Waals surface area contributed by atoms with Gasteiger partial charge in [0, 0.05) is 37.1 Å². The third-order valence-corrected chi connectivity index (χ3v) is 3.73. The summed E-state index contributed by atoms with van der Waals surface area (Å²) in [6, 6.07) is 6.88. The van der Waals surface area contributed by atoms with Gasteiger partial charge in [0.25, 0.3) is 5.56 Å². The van der Waals surface area contributed by atoms with Crippen LogP contribution in [0, 0.1) is 0 Å². The van der Waals surface area contributed by atoms with Gasteiger partial charge < -0.3 is 19.8 Å². The van der Waals surface area contributed by atoms with Gasteiger partial charge in [0.2, 0.25) is 0 Å². The minimum absolute atomic E-state index is 0.198. The third kappa shape index (κ3) is 4.17. The molecule has 0 aliphatic rings. The minimum atomic E-state index is -0.661. The number of nitrogen functional groups attached to an aromatic ring is 1. The molecule has 2 rings (SSSR count). The van der Waals surface area contributed by atoms with Crippen LogP contribution < -0.4 is 20.9 Å². The van der Waals surface area contributed by atoms with Crippen molar-refractivity contribution >= 4 is 17.5 Å². The Labute approximate surface area is 152 Å². The number of hydrogen-bond donors (Lipinski definition) is 1. The number of amides is 1. The van der Waals surface area contributed by atoms with E-state index in [1.807, 2.05) is 0 Å². The second-order valence-corrected chi connectivity index (χ2v) is 7.03. The number of hydrogen-bond acceptors (Lipinski definition) is 5. The van der Waals surface area contributed by atoms with Crippen molar-refractivity contribution in [2.24, 2.45) is 7.05 Å². The molecule has 7 nitrogen and oxygen atoms in total. The SMILES string of the molecule is COc1ccc(N)cc1-c1cc(N(C)C(=O)OC(C)(C)C)c(=O)n(C)c1. The van der Waals surface area contributed by atoms with Crippen molar-refractivity contribution in [2.45, 2.75) is 26.4 Å². The highest BCUT2D eigenvalue weighted by atomic mass is 16.6. The monoisotopic (exact) mass is 359 g/mol. The molecule has 2 N–H and O–H groups in total. The average Bonchev–Trinajstić information content (AvgIpc) is 2.55. The molecule has 0 fully saturated rings. The van der Waals surface area contributed by atoms with E-state index in [4.69, 9.17) is 15.2 Å². The van der Waals surface area contributed by atoms with Gasteiger partial charge in [-0.15, -0.1) is 0 Å². The van der Waals surface area contributed by atoms with Crippen LogP contribution in [-0.2, 0) is 11.8 Å². The Bertz CT molecular complexity index is 881. The van der Waals surface area contributed by atoms with Crippen molar-refractivity contribution < 1.29 is 14.3 Å². The van der Waals surface area contributed by atoms with E-state index in [0.717, 1.165) is 5.56 Å². The first-order valence-electron chi connectivity index (χ1n) is 8.15. The molecule has 0 saturated heterocycles. The van der Waals surface area contributed by atoms with Gasteiger partial charge in [0.05, 0.1) is 7.11 Å². The van der Waals surface area contributed by atoms with E-state index in [9.17, 15) is 9.59 Å². The molecule has 0 bridgehead atoms. The lowest BCUT2D eigenvalue weighted by Gasteiger charge is -2.25. The molecular weight excluding hydrogens is 334 g/mol. The fourth-order valence-corrected chi connectivity index (χ4v) is 2.46. The Kier molecular flexibility index (Phi) is 5.30. The number of nitrogens with two attached hydrogens (primary N) is 1. The van der Waals surface area contributed by atoms with Crippen molar-refractivity contribution in [3.8, 4) is 16.9 Å². The molecule has 140 valence electrons. The number of aryl methyl sites for hydroxylation is 1. The zero-order chi connectivity index (χ0) is 19.6. The highest BCUT2D eigenvalue weighted by Crippen LogP contribution is 2.32. The topological polar surface area (TPSA) is 86.8 Å². The van der Waals surface area contributed by atoms with Crippen LogP contribution >= 0.6 is 0 Å². The van der Waals surface area contributed by atoms with Crippen molar-refractivity contribution in [3.05, 3.63) is 40.8 Å². The molecule has 0 saturated carbocycles. The van der Waals surface area contributed by atoms with Crippen LogP contribution in [0.1, 0.15) is 20.8 Å². The maximum absolute atomic E-state index is 12.5. The molecular formula is C19H25N3O4. The maximum atomic E-state index is 12.5. The van der Waals surface area contributed by atoms with Crippen LogP contribution in [0.2, 0.25) is 0 Å². The molecule has 0 atom stereocenters. The summed E-state index contributed by atoms with van der Waals surface area (Å²) in [4.78, 5) is 26.1. The van der Waals surface area contributed by atoms with Gasteiger partial charge in [-0.1, -0.05) is 0 Å². The Morgan fingerprint density at radius 3 is 2.46 bits per heavy atom. The summed E-state index contributed by atoms with van der Waals surface area (Å²) < 4.78 is 12.2. The lowest BCUT2D eigenvalue weighted by Crippen LogP contribution is -2.37. The molecule has 1 heterocycles. The van der Waals surface area contributed by atoms with Crippen LogP contribution in [0.4, 0.5) is 16.2 Å². The van der Waals surface area contributed by atoms with Gasteiger partial charge in [0.1, 0.15) is 17.0 Å². The second kappa shape index (κ2) is 7.11. The third-order valence-electron chi connectivity index (χ3n) is 3.73. The fourth-order valence-electron chi connectivity index (χ4n) is 2.46. The fraction of sp³-hybridized carbons (Fsp3) is 0.368. The summed E-state index contributed by atoms with van der Waals surface area (Å²) in [6.45, 7) is 5.31. The van der Waals surface area contributed by atoms with E-state index in [2.05, 4.69) is 0 Å². The quantitative estimate of drug-likeness (QED) is 0.851. The number of carbonyl (C=O) groups excluding carboxylic acids is 1. The van der Waals surface area contributed by atoms with Crippen LogP contribution in [0.5, 0.6) is 5.75 Å². The second-order valence-electron chi connectivity index (χ2n) is 7.03. The molecule has 0 aliphatic carbocycles. The Morgan fingerprint density at radius 2 is 1.88 bits per heavy atom. The van der Waals surface area contributed by atoms with Gasteiger partial charge in [-0.3, -0.25) is 9.69 Å². The van der Waals surface area contributed by atoms with E-state index in [1.54, 1.807) is 65.4 Å². The molecule has 7 heteroatoms. The molecule has 0 radical (unpaired) electrons. The summed E-state index contributed by atoms with van der Waals surface area (Å²) in [7, 11) is 4.69. The largest absolute Gasteiger partial charge is 0.496 e. The van der Waals surface area contributed by atoms with Crippen LogP contribution in [0.15, 0.2) is 35.3 Å². The summed E-state index contributed by atoms with van der Waals surface area (Å²) in [5, 5.41) is 0. The molecule has 1 amide bonds. The first-order valence-corrected chi connectivity index (χ1v) is 8.15. The molecule has 26 heavy (non-hydrogen) atoms. The molecule has 0 unspecified atom stereocenters. The van der Waals surface area contributed by atoms with Crippen LogP contribution in [0.3, 0.4) is 0 Å². The van der Waals surface area contributed by atoms with E-state index < -0.39 is 11.7 Å². The Balaban J connectivity index is 2.56. The number of anilines is 2. The molecule has 0 aliphatic heterocycles. The lowest BCUT2D eigenvalue weighted by atomic mass is 10.0. The summed E-state index contributed by atoms with van der Waals surface area (Å²) in [6.07, 6.45) is 1.07. The van der Waals surface area contributed by atoms with Crippen LogP contribution in [0.25, 0.3) is 11.1 Å². The predicted molar refractivity (Wildman–Crippen MR) is 103 cm³/mol. The highest BCUT2D eigenvalue weighted by molar-refractivity contribution is 5.88. The number of pyridine rings is 1. The Morgan fingerprint density at radius 1 is 1.23 bits per heavy atom.